The Morgan fingerprint density at radius 3 is 2.44 bits per heavy atom. The maximum Gasteiger partial charge on any atom is 0.224 e. The van der Waals surface area contributed by atoms with Crippen LogP contribution in [0.1, 0.15) is 24.2 Å². The molecule has 2 heterocycles. The quantitative estimate of drug-likeness (QED) is 0.300. The molecule has 1 aromatic heterocycles. The molecule has 1 saturated heterocycles. The summed E-state index contributed by atoms with van der Waals surface area (Å²) in [4.78, 5) is 20.3. The van der Waals surface area contributed by atoms with Crippen molar-refractivity contribution >= 4 is 48.8 Å². The lowest BCUT2D eigenvalue weighted by Crippen LogP contribution is -2.42. The number of amides is 1. The molecule has 5 nitrogen and oxygen atoms in total. The number of hydrogen-bond donors (Lipinski definition) is 1. The first-order valence-electron chi connectivity index (χ1n) is 11.5. The van der Waals surface area contributed by atoms with Crippen LogP contribution in [0, 0.1) is 5.92 Å². The molecule has 174 valence electrons. The number of carbonyl (C=O) groups excluding carboxylic acids is 1. The van der Waals surface area contributed by atoms with Crippen molar-refractivity contribution in [3.05, 3.63) is 93.1 Å². The molecular weight excluding hydrogens is 556 g/mol. The molecule has 1 aliphatic heterocycles. The smallest absolute Gasteiger partial charge is 0.224 e. The van der Waals surface area contributed by atoms with E-state index in [2.05, 4.69) is 89.1 Å². The maximum atomic E-state index is 12.9. The number of benzene rings is 3. The van der Waals surface area contributed by atoms with Gasteiger partial charge in [-0.05, 0) is 73.5 Å². The summed E-state index contributed by atoms with van der Waals surface area (Å²) in [6, 6.07) is 24.6. The standard InChI is InChI=1S/C27H26Br2N4O/c28-21-9-7-19(8-10-21)16-30-27(34)20-4-3-15-32(17-20)18-26-31-24-5-1-2-6-25(24)33(26)23-13-11-22(29)12-14-23/h1-2,5-14,20H,3-4,15-18H2,(H,30,34)/t20-/m0/s1. The highest BCUT2D eigenvalue weighted by Gasteiger charge is 2.27. The van der Waals surface area contributed by atoms with Crippen LogP contribution in [0.15, 0.2) is 81.7 Å². The van der Waals surface area contributed by atoms with Gasteiger partial charge in [-0.2, -0.15) is 0 Å². The van der Waals surface area contributed by atoms with Crippen LogP contribution >= 0.6 is 31.9 Å². The van der Waals surface area contributed by atoms with Crippen molar-refractivity contribution in [2.24, 2.45) is 5.92 Å². The summed E-state index contributed by atoms with van der Waals surface area (Å²) in [5.74, 6) is 1.13. The number of piperidine rings is 1. The van der Waals surface area contributed by atoms with Gasteiger partial charge in [0.1, 0.15) is 5.82 Å². The van der Waals surface area contributed by atoms with Gasteiger partial charge in [0, 0.05) is 27.7 Å². The molecule has 7 heteroatoms. The normalized spacial score (nSPS) is 16.6. The molecule has 1 aliphatic rings. The first-order valence-corrected chi connectivity index (χ1v) is 13.1. The van der Waals surface area contributed by atoms with Crippen LogP contribution in [0.3, 0.4) is 0 Å². The fraction of sp³-hybridized carbons (Fsp3) is 0.259. The minimum Gasteiger partial charge on any atom is -0.352 e. The average Bonchev–Trinajstić information content (AvgIpc) is 3.22. The fourth-order valence-corrected chi connectivity index (χ4v) is 5.14. The van der Waals surface area contributed by atoms with Crippen LogP contribution in [0.4, 0.5) is 0 Å². The minimum absolute atomic E-state index is 0.00490. The highest BCUT2D eigenvalue weighted by molar-refractivity contribution is 9.10. The SMILES string of the molecule is O=C(NCc1ccc(Br)cc1)[C@H]1CCCN(Cc2nc3ccccc3n2-c2ccc(Br)cc2)C1. The Hall–Kier alpha value is -2.48. The topological polar surface area (TPSA) is 50.2 Å². The Bertz CT molecular complexity index is 1280. The van der Waals surface area contributed by atoms with Gasteiger partial charge in [0.2, 0.25) is 5.91 Å². The lowest BCUT2D eigenvalue weighted by molar-refractivity contribution is -0.127. The van der Waals surface area contributed by atoms with Crippen LogP contribution in [-0.4, -0.2) is 33.4 Å². The second-order valence-corrected chi connectivity index (χ2v) is 10.6. The summed E-state index contributed by atoms with van der Waals surface area (Å²) in [7, 11) is 0. The first-order chi connectivity index (χ1) is 16.6. The van der Waals surface area contributed by atoms with Gasteiger partial charge in [0.25, 0.3) is 0 Å². The summed E-state index contributed by atoms with van der Waals surface area (Å²) in [5, 5.41) is 3.13. The van der Waals surface area contributed by atoms with Crippen LogP contribution in [-0.2, 0) is 17.9 Å². The van der Waals surface area contributed by atoms with E-state index in [-0.39, 0.29) is 11.8 Å². The monoisotopic (exact) mass is 580 g/mol. The number of nitrogens with zero attached hydrogens (tertiary/aromatic N) is 3. The van der Waals surface area contributed by atoms with E-state index >= 15 is 0 Å². The van der Waals surface area contributed by atoms with E-state index in [1.54, 1.807) is 0 Å². The van der Waals surface area contributed by atoms with Crippen molar-refractivity contribution in [1.82, 2.24) is 19.8 Å². The van der Waals surface area contributed by atoms with Crippen molar-refractivity contribution in [3.63, 3.8) is 0 Å². The van der Waals surface area contributed by atoms with Gasteiger partial charge in [-0.15, -0.1) is 0 Å². The molecule has 4 aromatic rings. The van der Waals surface area contributed by atoms with Crippen molar-refractivity contribution in [3.8, 4) is 5.69 Å². The van der Waals surface area contributed by atoms with Crippen molar-refractivity contribution in [2.75, 3.05) is 13.1 Å². The number of hydrogen-bond acceptors (Lipinski definition) is 3. The average molecular weight is 582 g/mol. The van der Waals surface area contributed by atoms with E-state index in [4.69, 9.17) is 4.98 Å². The Labute approximate surface area is 216 Å². The molecule has 0 saturated carbocycles. The van der Waals surface area contributed by atoms with Crippen LogP contribution in [0.2, 0.25) is 0 Å². The lowest BCUT2D eigenvalue weighted by atomic mass is 9.97. The molecular formula is C27H26Br2N4O. The maximum absolute atomic E-state index is 12.9. The van der Waals surface area contributed by atoms with E-state index in [1.807, 2.05) is 30.3 Å². The van der Waals surface area contributed by atoms with E-state index < -0.39 is 0 Å². The number of aromatic nitrogens is 2. The van der Waals surface area contributed by atoms with Crippen molar-refractivity contribution in [2.45, 2.75) is 25.9 Å². The molecule has 0 radical (unpaired) electrons. The molecule has 34 heavy (non-hydrogen) atoms. The van der Waals surface area contributed by atoms with Crippen LogP contribution in [0.5, 0.6) is 0 Å². The predicted octanol–water partition coefficient (Wildman–Crippen LogP) is 6.08. The summed E-state index contributed by atoms with van der Waals surface area (Å²) in [6.45, 7) is 2.99. The summed E-state index contributed by atoms with van der Waals surface area (Å²) >= 11 is 6.99. The second kappa shape index (κ2) is 10.4. The van der Waals surface area contributed by atoms with Gasteiger partial charge in [0.05, 0.1) is 23.5 Å². The number of fused-ring (bicyclic) bond motifs is 1. The molecule has 0 unspecified atom stereocenters. The highest BCUT2D eigenvalue weighted by atomic mass is 79.9. The van der Waals surface area contributed by atoms with Crippen molar-refractivity contribution < 1.29 is 4.79 Å². The Morgan fingerprint density at radius 1 is 0.971 bits per heavy atom. The molecule has 3 aromatic carbocycles. The molecule has 0 spiro atoms. The Morgan fingerprint density at radius 2 is 1.68 bits per heavy atom. The first kappa shape index (κ1) is 23.3. The summed E-state index contributed by atoms with van der Waals surface area (Å²) in [6.07, 6.45) is 1.93. The van der Waals surface area contributed by atoms with E-state index in [1.165, 1.54) is 0 Å². The number of nitrogens with one attached hydrogen (secondary N) is 1. The zero-order valence-electron chi connectivity index (χ0n) is 18.8. The Kier molecular flexibility index (Phi) is 7.13. The number of likely N-dealkylation sites (tertiary alicyclic amines) is 1. The lowest BCUT2D eigenvalue weighted by Gasteiger charge is -2.31. The predicted molar refractivity (Wildman–Crippen MR) is 143 cm³/mol. The van der Waals surface area contributed by atoms with E-state index in [0.29, 0.717) is 13.1 Å². The van der Waals surface area contributed by atoms with Gasteiger partial charge >= 0.3 is 0 Å². The molecule has 1 fully saturated rings. The molecule has 1 atom stereocenters. The number of para-hydroxylation sites is 2. The zero-order chi connectivity index (χ0) is 23.5. The molecule has 0 bridgehead atoms. The minimum atomic E-state index is -0.00490. The zero-order valence-corrected chi connectivity index (χ0v) is 21.9. The fourth-order valence-electron chi connectivity index (χ4n) is 4.61. The van der Waals surface area contributed by atoms with Gasteiger partial charge in [-0.25, -0.2) is 4.98 Å². The number of carbonyl (C=O) groups is 1. The third-order valence-corrected chi connectivity index (χ3v) is 7.39. The van der Waals surface area contributed by atoms with E-state index in [9.17, 15) is 4.79 Å². The summed E-state index contributed by atoms with van der Waals surface area (Å²) in [5.41, 5.74) is 4.28. The highest BCUT2D eigenvalue weighted by Crippen LogP contribution is 2.26. The van der Waals surface area contributed by atoms with Gasteiger partial charge < -0.3 is 5.32 Å². The third kappa shape index (κ3) is 5.27. The van der Waals surface area contributed by atoms with Crippen LogP contribution < -0.4 is 5.32 Å². The van der Waals surface area contributed by atoms with E-state index in [0.717, 1.165) is 63.0 Å². The van der Waals surface area contributed by atoms with Gasteiger partial charge in [-0.1, -0.05) is 56.1 Å². The molecule has 0 aliphatic carbocycles. The molecule has 1 N–H and O–H groups in total. The largest absolute Gasteiger partial charge is 0.352 e. The van der Waals surface area contributed by atoms with Crippen molar-refractivity contribution in [1.29, 1.82) is 0 Å². The molecule has 5 rings (SSSR count). The number of imidazole rings is 1. The third-order valence-electron chi connectivity index (χ3n) is 6.34. The molecule has 1 amide bonds. The number of rotatable bonds is 6. The van der Waals surface area contributed by atoms with Crippen LogP contribution in [0.25, 0.3) is 16.7 Å². The Balaban J connectivity index is 1.31. The summed E-state index contributed by atoms with van der Waals surface area (Å²) < 4.78 is 4.33. The van der Waals surface area contributed by atoms with Gasteiger partial charge in [-0.3, -0.25) is 14.3 Å². The van der Waals surface area contributed by atoms with Gasteiger partial charge in [0.15, 0.2) is 0 Å². The second-order valence-electron chi connectivity index (χ2n) is 8.75. The number of halogens is 2.